The van der Waals surface area contributed by atoms with Crippen LogP contribution in [-0.2, 0) is 0 Å². The third-order valence-electron chi connectivity index (χ3n) is 3.41. The van der Waals surface area contributed by atoms with Crippen molar-refractivity contribution in [3.05, 3.63) is 35.9 Å². The van der Waals surface area contributed by atoms with E-state index >= 15 is 0 Å². The number of rotatable bonds is 7. The average Bonchev–Trinajstić information content (AvgIpc) is 2.39. The van der Waals surface area contributed by atoms with Gasteiger partial charge in [0.05, 0.1) is 0 Å². The normalized spacial score (nSPS) is 12.2. The van der Waals surface area contributed by atoms with Gasteiger partial charge < -0.3 is 5.73 Å². The second-order valence-electron chi connectivity index (χ2n) is 4.62. The van der Waals surface area contributed by atoms with Crippen molar-refractivity contribution >= 4 is 6.21 Å². The molecule has 0 aliphatic carbocycles. The van der Waals surface area contributed by atoms with Crippen LogP contribution in [0.15, 0.2) is 35.3 Å². The number of benzene rings is 1. The molecule has 0 saturated heterocycles. The molecule has 0 amide bonds. The highest BCUT2D eigenvalue weighted by molar-refractivity contribution is 5.79. The topological polar surface area (TPSA) is 38.4 Å². The number of aliphatic imine (C=N–C) groups is 1. The predicted molar refractivity (Wildman–Crippen MR) is 75.6 cm³/mol. The Hall–Kier alpha value is -1.15. The summed E-state index contributed by atoms with van der Waals surface area (Å²) in [5.74, 6) is 0. The summed E-state index contributed by atoms with van der Waals surface area (Å²) in [4.78, 5) is 4.43. The van der Waals surface area contributed by atoms with Crippen molar-refractivity contribution in [2.45, 2.75) is 45.1 Å². The lowest BCUT2D eigenvalue weighted by molar-refractivity contribution is 0.360. The van der Waals surface area contributed by atoms with Crippen LogP contribution in [0.3, 0.4) is 0 Å². The summed E-state index contributed by atoms with van der Waals surface area (Å²) in [6.45, 7) is 5.20. The van der Waals surface area contributed by atoms with Gasteiger partial charge in [-0.05, 0) is 31.2 Å². The Kier molecular flexibility index (Phi) is 5.92. The molecule has 0 saturated carbocycles. The molecule has 0 bridgehead atoms. The van der Waals surface area contributed by atoms with Crippen LogP contribution in [0.25, 0.3) is 0 Å². The summed E-state index contributed by atoms with van der Waals surface area (Å²) < 4.78 is 0. The van der Waals surface area contributed by atoms with Gasteiger partial charge in [0.2, 0.25) is 0 Å². The molecule has 94 valence electrons. The average molecular weight is 232 g/mol. The van der Waals surface area contributed by atoms with Gasteiger partial charge in [0.15, 0.2) is 0 Å². The highest BCUT2D eigenvalue weighted by Gasteiger charge is 2.18. The lowest BCUT2D eigenvalue weighted by Crippen LogP contribution is -2.38. The minimum atomic E-state index is 0.0161. The zero-order valence-corrected chi connectivity index (χ0v) is 11.0. The van der Waals surface area contributed by atoms with Crippen LogP contribution in [0, 0.1) is 0 Å². The van der Waals surface area contributed by atoms with Crippen molar-refractivity contribution in [3.8, 4) is 0 Å². The summed E-state index contributed by atoms with van der Waals surface area (Å²) in [7, 11) is 0. The first-order valence-corrected chi connectivity index (χ1v) is 6.54. The molecule has 1 rings (SSSR count). The Bertz CT molecular complexity index is 326. The maximum atomic E-state index is 6.24. The highest BCUT2D eigenvalue weighted by atomic mass is 14.7. The SMILES string of the molecule is CCC(N)(CC)CCCN=Cc1ccccc1. The van der Waals surface area contributed by atoms with Gasteiger partial charge in [0.25, 0.3) is 0 Å². The van der Waals surface area contributed by atoms with Gasteiger partial charge in [-0.25, -0.2) is 0 Å². The maximum Gasteiger partial charge on any atom is 0.0390 e. The molecule has 2 N–H and O–H groups in total. The van der Waals surface area contributed by atoms with E-state index in [1.54, 1.807) is 0 Å². The van der Waals surface area contributed by atoms with Crippen LogP contribution in [0.1, 0.15) is 45.1 Å². The predicted octanol–water partition coefficient (Wildman–Crippen LogP) is 3.40. The monoisotopic (exact) mass is 232 g/mol. The lowest BCUT2D eigenvalue weighted by atomic mass is 9.89. The van der Waals surface area contributed by atoms with E-state index in [0.29, 0.717) is 0 Å². The van der Waals surface area contributed by atoms with Gasteiger partial charge in [0, 0.05) is 18.3 Å². The third kappa shape index (κ3) is 5.14. The smallest absolute Gasteiger partial charge is 0.0390 e. The number of hydrogen-bond acceptors (Lipinski definition) is 2. The van der Waals surface area contributed by atoms with Crippen LogP contribution in [0.4, 0.5) is 0 Å². The summed E-state index contributed by atoms with van der Waals surface area (Å²) in [6, 6.07) is 10.2. The Labute approximate surface area is 105 Å². The summed E-state index contributed by atoms with van der Waals surface area (Å²) in [6.07, 6.45) is 6.17. The highest BCUT2D eigenvalue weighted by Crippen LogP contribution is 2.17. The second-order valence-corrected chi connectivity index (χ2v) is 4.62. The molecule has 0 spiro atoms. The molecule has 17 heavy (non-hydrogen) atoms. The summed E-state index contributed by atoms with van der Waals surface area (Å²) in [5.41, 5.74) is 7.42. The number of nitrogens with two attached hydrogens (primary N) is 1. The molecule has 0 aliphatic rings. The Morgan fingerprint density at radius 2 is 1.82 bits per heavy atom. The van der Waals surface area contributed by atoms with E-state index in [4.69, 9.17) is 5.73 Å². The standard InChI is InChI=1S/C15H24N2/c1-3-15(16,4-2)11-8-12-17-13-14-9-6-5-7-10-14/h5-7,9-10,13H,3-4,8,11-12,16H2,1-2H3. The largest absolute Gasteiger partial charge is 0.325 e. The molecule has 0 radical (unpaired) electrons. The van der Waals surface area contributed by atoms with Crippen molar-refractivity contribution in [1.29, 1.82) is 0 Å². The van der Waals surface area contributed by atoms with Gasteiger partial charge in [-0.2, -0.15) is 0 Å². The lowest BCUT2D eigenvalue weighted by Gasteiger charge is -2.26. The van der Waals surface area contributed by atoms with Crippen molar-refractivity contribution in [3.63, 3.8) is 0 Å². The zero-order valence-electron chi connectivity index (χ0n) is 11.0. The third-order valence-corrected chi connectivity index (χ3v) is 3.41. The van der Waals surface area contributed by atoms with Crippen molar-refractivity contribution in [2.75, 3.05) is 6.54 Å². The molecule has 0 fully saturated rings. The van der Waals surface area contributed by atoms with Crippen molar-refractivity contribution in [1.82, 2.24) is 0 Å². The fourth-order valence-electron chi connectivity index (χ4n) is 1.84. The van der Waals surface area contributed by atoms with Crippen LogP contribution >= 0.6 is 0 Å². The van der Waals surface area contributed by atoms with E-state index in [1.807, 2.05) is 24.4 Å². The number of nitrogens with zero attached hydrogens (tertiary/aromatic N) is 1. The first-order chi connectivity index (χ1) is 8.20. The molecule has 0 heterocycles. The maximum absolute atomic E-state index is 6.24. The minimum absolute atomic E-state index is 0.0161. The quantitative estimate of drug-likeness (QED) is 0.568. The summed E-state index contributed by atoms with van der Waals surface area (Å²) in [5, 5.41) is 0. The molecule has 1 aromatic carbocycles. The molecule has 2 nitrogen and oxygen atoms in total. The molecule has 0 atom stereocenters. The van der Waals surface area contributed by atoms with Gasteiger partial charge in [-0.3, -0.25) is 4.99 Å². The van der Waals surface area contributed by atoms with E-state index in [-0.39, 0.29) is 5.54 Å². The first-order valence-electron chi connectivity index (χ1n) is 6.54. The minimum Gasteiger partial charge on any atom is -0.325 e. The molecular formula is C15H24N2. The molecule has 0 aromatic heterocycles. The van der Waals surface area contributed by atoms with Gasteiger partial charge in [-0.1, -0.05) is 44.2 Å². The van der Waals surface area contributed by atoms with Crippen LogP contribution in [0.2, 0.25) is 0 Å². The van der Waals surface area contributed by atoms with E-state index in [1.165, 1.54) is 0 Å². The summed E-state index contributed by atoms with van der Waals surface area (Å²) >= 11 is 0. The van der Waals surface area contributed by atoms with Gasteiger partial charge >= 0.3 is 0 Å². The molecule has 0 aliphatic heterocycles. The van der Waals surface area contributed by atoms with E-state index < -0.39 is 0 Å². The molecule has 1 aromatic rings. The van der Waals surface area contributed by atoms with Gasteiger partial charge in [0.1, 0.15) is 0 Å². The van der Waals surface area contributed by atoms with Crippen molar-refractivity contribution in [2.24, 2.45) is 10.7 Å². The van der Waals surface area contributed by atoms with Crippen LogP contribution < -0.4 is 5.73 Å². The second kappa shape index (κ2) is 7.23. The van der Waals surface area contributed by atoms with Crippen LogP contribution in [0.5, 0.6) is 0 Å². The van der Waals surface area contributed by atoms with Crippen molar-refractivity contribution < 1.29 is 0 Å². The zero-order chi connectivity index (χ0) is 12.6. The van der Waals surface area contributed by atoms with E-state index in [9.17, 15) is 0 Å². The molecular weight excluding hydrogens is 208 g/mol. The number of hydrogen-bond donors (Lipinski definition) is 1. The molecule has 0 unspecified atom stereocenters. The fraction of sp³-hybridized carbons (Fsp3) is 0.533. The Balaban J connectivity index is 2.27. The Morgan fingerprint density at radius 3 is 2.41 bits per heavy atom. The van der Waals surface area contributed by atoms with E-state index in [2.05, 4.69) is 31.0 Å². The fourth-order valence-corrected chi connectivity index (χ4v) is 1.84. The molecule has 2 heteroatoms. The van der Waals surface area contributed by atoms with Crippen LogP contribution in [-0.4, -0.2) is 18.3 Å². The van der Waals surface area contributed by atoms with E-state index in [0.717, 1.165) is 37.8 Å². The first kappa shape index (κ1) is 13.9. The van der Waals surface area contributed by atoms with Gasteiger partial charge in [-0.15, -0.1) is 0 Å². The Morgan fingerprint density at radius 1 is 1.18 bits per heavy atom.